The van der Waals surface area contributed by atoms with Crippen molar-refractivity contribution in [2.45, 2.75) is 43.6 Å². The van der Waals surface area contributed by atoms with Crippen LogP contribution in [-0.2, 0) is 15.8 Å². The second-order valence-corrected chi connectivity index (χ2v) is 7.08. The van der Waals surface area contributed by atoms with E-state index in [4.69, 9.17) is 0 Å². The lowest BCUT2D eigenvalue weighted by atomic mass is 9.59. The van der Waals surface area contributed by atoms with Crippen LogP contribution in [0.3, 0.4) is 0 Å². The molecule has 0 aliphatic heterocycles. The molecule has 2 N–H and O–H groups in total. The average Bonchev–Trinajstić information content (AvgIpc) is 3.03. The van der Waals surface area contributed by atoms with Crippen LogP contribution >= 0.6 is 15.9 Å². The average molecular weight is 325 g/mol. The fraction of sp³-hybridized carbons (Fsp3) is 0.533. The quantitative estimate of drug-likeness (QED) is 0.897. The van der Waals surface area contributed by atoms with Crippen molar-refractivity contribution in [1.29, 1.82) is 0 Å². The van der Waals surface area contributed by atoms with E-state index in [2.05, 4.69) is 22.9 Å². The van der Waals surface area contributed by atoms with Crippen molar-refractivity contribution < 1.29 is 15.0 Å². The lowest BCUT2D eigenvalue weighted by Crippen LogP contribution is -2.47. The van der Waals surface area contributed by atoms with E-state index in [9.17, 15) is 15.0 Å². The molecule has 2 fully saturated rings. The Balaban J connectivity index is 2.05. The van der Waals surface area contributed by atoms with E-state index in [1.165, 1.54) is 0 Å². The third-order valence-electron chi connectivity index (χ3n) is 4.51. The summed E-state index contributed by atoms with van der Waals surface area (Å²) in [4.78, 5) is 11.7. The Hall–Kier alpha value is -0.870. The molecule has 1 aromatic rings. The van der Waals surface area contributed by atoms with E-state index in [1.54, 1.807) is 0 Å². The van der Waals surface area contributed by atoms with Gasteiger partial charge in [0.25, 0.3) is 0 Å². The standard InChI is InChI=1S/C15H17BrO3/c1-9-7-14(8-9,13(17)18)10-4-11(6-12(16)5-10)15(19)2-3-15/h4-6,9,19H,2-3,7-8H2,1H3,(H,17,18). The summed E-state index contributed by atoms with van der Waals surface area (Å²) >= 11 is 3.44. The topological polar surface area (TPSA) is 57.5 Å². The van der Waals surface area contributed by atoms with Crippen LogP contribution in [0.2, 0.25) is 0 Å². The molecule has 2 aliphatic carbocycles. The predicted octanol–water partition coefficient (Wildman–Crippen LogP) is 3.18. The highest BCUT2D eigenvalue weighted by molar-refractivity contribution is 9.10. The number of rotatable bonds is 3. The molecule has 2 aliphatic rings. The molecule has 1 aromatic carbocycles. The molecule has 3 rings (SSSR count). The fourth-order valence-corrected chi connectivity index (χ4v) is 3.70. The highest BCUT2D eigenvalue weighted by Crippen LogP contribution is 2.51. The van der Waals surface area contributed by atoms with Crippen LogP contribution in [0.5, 0.6) is 0 Å². The Morgan fingerprint density at radius 1 is 1.26 bits per heavy atom. The second-order valence-electron chi connectivity index (χ2n) is 6.16. The zero-order valence-electron chi connectivity index (χ0n) is 10.8. The van der Waals surface area contributed by atoms with Gasteiger partial charge in [-0.15, -0.1) is 0 Å². The maximum absolute atomic E-state index is 11.7. The van der Waals surface area contributed by atoms with Gasteiger partial charge in [-0.05, 0) is 54.9 Å². The minimum absolute atomic E-state index is 0.447. The van der Waals surface area contributed by atoms with Gasteiger partial charge in [0.15, 0.2) is 0 Å². The van der Waals surface area contributed by atoms with Gasteiger partial charge < -0.3 is 10.2 Å². The summed E-state index contributed by atoms with van der Waals surface area (Å²) in [6, 6.07) is 5.67. The smallest absolute Gasteiger partial charge is 0.314 e. The van der Waals surface area contributed by atoms with Crippen LogP contribution in [0.1, 0.15) is 43.7 Å². The largest absolute Gasteiger partial charge is 0.481 e. The summed E-state index contributed by atoms with van der Waals surface area (Å²) in [5.74, 6) is -0.306. The zero-order valence-corrected chi connectivity index (χ0v) is 12.4. The number of carboxylic acids is 1. The van der Waals surface area contributed by atoms with Gasteiger partial charge in [0.05, 0.1) is 11.0 Å². The first-order chi connectivity index (χ1) is 8.86. The van der Waals surface area contributed by atoms with Crippen molar-refractivity contribution >= 4 is 21.9 Å². The summed E-state index contributed by atoms with van der Waals surface area (Å²) in [7, 11) is 0. The molecule has 0 spiro atoms. The molecule has 4 heteroatoms. The molecule has 0 aromatic heterocycles. The fourth-order valence-electron chi connectivity index (χ4n) is 3.21. The van der Waals surface area contributed by atoms with E-state index in [-0.39, 0.29) is 0 Å². The Bertz CT molecular complexity index is 542. The maximum atomic E-state index is 11.7. The van der Waals surface area contributed by atoms with Crippen LogP contribution in [0.15, 0.2) is 22.7 Å². The number of hydrogen-bond acceptors (Lipinski definition) is 2. The van der Waals surface area contributed by atoms with Gasteiger partial charge in [0, 0.05) is 4.47 Å². The second kappa shape index (κ2) is 4.06. The molecular formula is C15H17BrO3. The third-order valence-corrected chi connectivity index (χ3v) is 4.97. The van der Waals surface area contributed by atoms with Crippen molar-refractivity contribution in [3.63, 3.8) is 0 Å². The van der Waals surface area contributed by atoms with Crippen LogP contribution < -0.4 is 0 Å². The number of hydrogen-bond donors (Lipinski definition) is 2. The van der Waals surface area contributed by atoms with Crippen molar-refractivity contribution in [3.8, 4) is 0 Å². The number of carbonyl (C=O) groups is 1. The molecule has 0 bridgehead atoms. The van der Waals surface area contributed by atoms with Gasteiger partial charge in [-0.25, -0.2) is 0 Å². The number of benzene rings is 1. The summed E-state index contributed by atoms with van der Waals surface area (Å²) in [5, 5.41) is 19.8. The molecule has 0 atom stereocenters. The summed E-state index contributed by atoms with van der Waals surface area (Å²) in [6.45, 7) is 2.08. The number of halogens is 1. The van der Waals surface area contributed by atoms with Crippen LogP contribution in [0.4, 0.5) is 0 Å². The highest BCUT2D eigenvalue weighted by Gasteiger charge is 2.51. The molecule has 3 nitrogen and oxygen atoms in total. The number of carboxylic acid groups (broad SMARTS) is 1. The number of aliphatic hydroxyl groups is 1. The van der Waals surface area contributed by atoms with Gasteiger partial charge in [0.1, 0.15) is 0 Å². The third kappa shape index (κ3) is 2.01. The molecule has 0 radical (unpaired) electrons. The first-order valence-corrected chi connectivity index (χ1v) is 7.42. The lowest BCUT2D eigenvalue weighted by Gasteiger charge is -2.43. The predicted molar refractivity (Wildman–Crippen MR) is 75.0 cm³/mol. The molecule has 0 amide bonds. The highest BCUT2D eigenvalue weighted by atomic mass is 79.9. The minimum atomic E-state index is -0.761. The summed E-state index contributed by atoms with van der Waals surface area (Å²) in [6.07, 6.45) is 2.88. The summed E-state index contributed by atoms with van der Waals surface area (Å²) < 4.78 is 0.848. The Labute approximate surface area is 120 Å². The Morgan fingerprint density at radius 2 is 1.84 bits per heavy atom. The van der Waals surface area contributed by atoms with Crippen molar-refractivity contribution in [2.75, 3.05) is 0 Å². The van der Waals surface area contributed by atoms with Gasteiger partial charge in [0.2, 0.25) is 0 Å². The Kier molecular flexibility index (Phi) is 2.81. The van der Waals surface area contributed by atoms with Gasteiger partial charge in [-0.1, -0.05) is 28.9 Å². The van der Waals surface area contributed by atoms with Crippen molar-refractivity contribution in [2.24, 2.45) is 5.92 Å². The Morgan fingerprint density at radius 3 is 2.32 bits per heavy atom. The maximum Gasteiger partial charge on any atom is 0.314 e. The van der Waals surface area contributed by atoms with E-state index >= 15 is 0 Å². The molecule has 2 saturated carbocycles. The van der Waals surface area contributed by atoms with E-state index in [1.807, 2.05) is 18.2 Å². The van der Waals surface area contributed by atoms with E-state index in [0.717, 1.165) is 28.4 Å². The van der Waals surface area contributed by atoms with Crippen LogP contribution in [-0.4, -0.2) is 16.2 Å². The lowest BCUT2D eigenvalue weighted by molar-refractivity contribution is -0.149. The van der Waals surface area contributed by atoms with Gasteiger partial charge in [-0.2, -0.15) is 0 Å². The van der Waals surface area contributed by atoms with E-state index in [0.29, 0.717) is 18.8 Å². The van der Waals surface area contributed by atoms with Gasteiger partial charge in [-0.3, -0.25) is 4.79 Å². The summed E-state index contributed by atoms with van der Waals surface area (Å²) in [5.41, 5.74) is 0.177. The molecule has 0 saturated heterocycles. The first-order valence-electron chi connectivity index (χ1n) is 6.63. The van der Waals surface area contributed by atoms with Crippen molar-refractivity contribution in [1.82, 2.24) is 0 Å². The number of aliphatic carboxylic acids is 1. The van der Waals surface area contributed by atoms with Crippen LogP contribution in [0.25, 0.3) is 0 Å². The van der Waals surface area contributed by atoms with E-state index < -0.39 is 17.0 Å². The molecule has 102 valence electrons. The molecule has 19 heavy (non-hydrogen) atoms. The van der Waals surface area contributed by atoms with Gasteiger partial charge >= 0.3 is 5.97 Å². The minimum Gasteiger partial charge on any atom is -0.481 e. The molecule has 0 unspecified atom stereocenters. The normalized spacial score (nSPS) is 31.6. The van der Waals surface area contributed by atoms with Crippen LogP contribution in [0, 0.1) is 5.92 Å². The first kappa shape index (κ1) is 13.1. The molecule has 0 heterocycles. The monoisotopic (exact) mass is 324 g/mol. The molecular weight excluding hydrogens is 308 g/mol. The van der Waals surface area contributed by atoms with Crippen molar-refractivity contribution in [3.05, 3.63) is 33.8 Å². The zero-order chi connectivity index (χ0) is 13.8. The SMILES string of the molecule is CC1CC(C(=O)O)(c2cc(Br)cc(C3(O)CC3)c2)C1.